The summed E-state index contributed by atoms with van der Waals surface area (Å²) < 4.78 is 10.1. The van der Waals surface area contributed by atoms with Crippen LogP contribution in [0.25, 0.3) is 0 Å². The minimum Gasteiger partial charge on any atom is -0.383 e. The summed E-state index contributed by atoms with van der Waals surface area (Å²) in [7, 11) is 1.74. The Bertz CT molecular complexity index is 104. The average Bonchev–Trinajstić information content (AvgIpc) is 2.81. The summed E-state index contributed by atoms with van der Waals surface area (Å²) in [5.74, 6) is 0. The fourth-order valence-electron chi connectivity index (χ4n) is 1.06. The van der Waals surface area contributed by atoms with Gasteiger partial charge in [-0.1, -0.05) is 6.92 Å². The first kappa shape index (κ1) is 8.97. The molecule has 1 heterocycles. The molecule has 3 nitrogen and oxygen atoms in total. The van der Waals surface area contributed by atoms with Crippen molar-refractivity contribution in [3.05, 3.63) is 0 Å². The van der Waals surface area contributed by atoms with Crippen molar-refractivity contribution in [1.82, 2.24) is 4.90 Å². The van der Waals surface area contributed by atoms with E-state index >= 15 is 0 Å². The van der Waals surface area contributed by atoms with Crippen molar-refractivity contribution in [3.63, 3.8) is 0 Å². The van der Waals surface area contributed by atoms with Gasteiger partial charge < -0.3 is 9.47 Å². The number of ether oxygens (including phenoxy) is 2. The summed E-state index contributed by atoms with van der Waals surface area (Å²) in [6.45, 7) is 7.11. The Morgan fingerprint density at radius 3 is 2.82 bits per heavy atom. The molecule has 1 atom stereocenters. The number of epoxide rings is 1. The zero-order chi connectivity index (χ0) is 8.10. The average molecular weight is 159 g/mol. The van der Waals surface area contributed by atoms with Gasteiger partial charge in [0.2, 0.25) is 0 Å². The van der Waals surface area contributed by atoms with E-state index in [0.29, 0.717) is 6.10 Å². The first-order valence-electron chi connectivity index (χ1n) is 4.19. The fraction of sp³-hybridized carbons (Fsp3) is 1.00. The molecule has 0 aromatic rings. The van der Waals surface area contributed by atoms with E-state index in [4.69, 9.17) is 9.47 Å². The van der Waals surface area contributed by atoms with Crippen molar-refractivity contribution in [2.45, 2.75) is 13.0 Å². The number of nitrogens with zero attached hydrogens (tertiary/aromatic N) is 1. The lowest BCUT2D eigenvalue weighted by molar-refractivity contribution is 0.145. The maximum absolute atomic E-state index is 5.14. The van der Waals surface area contributed by atoms with E-state index < -0.39 is 0 Å². The maximum Gasteiger partial charge on any atom is 0.0936 e. The van der Waals surface area contributed by atoms with Crippen LogP contribution in [0.3, 0.4) is 0 Å². The lowest BCUT2D eigenvalue weighted by Crippen LogP contribution is -2.30. The van der Waals surface area contributed by atoms with Gasteiger partial charge in [0.15, 0.2) is 0 Å². The molecule has 0 radical (unpaired) electrons. The maximum atomic E-state index is 5.14. The number of hydrogen-bond acceptors (Lipinski definition) is 3. The van der Waals surface area contributed by atoms with E-state index in [9.17, 15) is 0 Å². The smallest absolute Gasteiger partial charge is 0.0936 e. The van der Waals surface area contributed by atoms with Gasteiger partial charge in [-0.3, -0.25) is 4.90 Å². The standard InChI is InChI=1S/C8H17NO2/c1-3-9(4-5-10-2)6-8-7-11-8/h8H,3-7H2,1-2H3. The highest BCUT2D eigenvalue weighted by Crippen LogP contribution is 2.10. The molecule has 1 aliphatic rings. The van der Waals surface area contributed by atoms with E-state index in [1.54, 1.807) is 7.11 Å². The molecule has 0 aromatic heterocycles. The number of methoxy groups -OCH3 is 1. The second-order valence-electron chi connectivity index (χ2n) is 2.84. The summed E-state index contributed by atoms with van der Waals surface area (Å²) in [5.41, 5.74) is 0. The van der Waals surface area contributed by atoms with Crippen molar-refractivity contribution in [1.29, 1.82) is 0 Å². The van der Waals surface area contributed by atoms with Crippen LogP contribution in [-0.4, -0.2) is 51.0 Å². The molecule has 1 aliphatic heterocycles. The predicted molar refractivity (Wildman–Crippen MR) is 43.7 cm³/mol. The van der Waals surface area contributed by atoms with Crippen molar-refractivity contribution in [2.75, 3.05) is 40.0 Å². The monoisotopic (exact) mass is 159 g/mol. The Balaban J connectivity index is 2.02. The van der Waals surface area contributed by atoms with Gasteiger partial charge in [0.1, 0.15) is 0 Å². The molecule has 1 saturated heterocycles. The Morgan fingerprint density at radius 2 is 2.36 bits per heavy atom. The minimum absolute atomic E-state index is 0.506. The van der Waals surface area contributed by atoms with Gasteiger partial charge in [-0.2, -0.15) is 0 Å². The summed E-state index contributed by atoms with van der Waals surface area (Å²) in [6.07, 6.45) is 0.506. The van der Waals surface area contributed by atoms with Crippen LogP contribution in [-0.2, 0) is 9.47 Å². The van der Waals surface area contributed by atoms with Crippen LogP contribution in [0.5, 0.6) is 0 Å². The van der Waals surface area contributed by atoms with Gasteiger partial charge in [-0.05, 0) is 6.54 Å². The van der Waals surface area contributed by atoms with Crippen LogP contribution in [0, 0.1) is 0 Å². The van der Waals surface area contributed by atoms with E-state index in [1.807, 2.05) is 0 Å². The van der Waals surface area contributed by atoms with E-state index in [1.165, 1.54) is 0 Å². The molecule has 0 amide bonds. The van der Waals surface area contributed by atoms with E-state index in [2.05, 4.69) is 11.8 Å². The molecule has 1 fully saturated rings. The van der Waals surface area contributed by atoms with Gasteiger partial charge in [0.05, 0.1) is 19.3 Å². The summed E-state index contributed by atoms with van der Waals surface area (Å²) >= 11 is 0. The minimum atomic E-state index is 0.506. The molecule has 1 unspecified atom stereocenters. The fourth-order valence-corrected chi connectivity index (χ4v) is 1.06. The Kier molecular flexibility index (Phi) is 3.83. The lowest BCUT2D eigenvalue weighted by Gasteiger charge is -2.17. The van der Waals surface area contributed by atoms with Crippen LogP contribution < -0.4 is 0 Å². The van der Waals surface area contributed by atoms with Gasteiger partial charge in [0, 0.05) is 20.2 Å². The first-order valence-corrected chi connectivity index (χ1v) is 4.19. The third-order valence-corrected chi connectivity index (χ3v) is 1.92. The van der Waals surface area contributed by atoms with Crippen LogP contribution in [0.2, 0.25) is 0 Å². The zero-order valence-electron chi connectivity index (χ0n) is 7.38. The number of likely N-dealkylation sites (N-methyl/N-ethyl adjacent to an activating group) is 1. The quantitative estimate of drug-likeness (QED) is 0.523. The third-order valence-electron chi connectivity index (χ3n) is 1.92. The molecule has 0 bridgehead atoms. The van der Waals surface area contributed by atoms with Crippen molar-refractivity contribution < 1.29 is 9.47 Å². The highest BCUT2D eigenvalue weighted by Gasteiger charge is 2.24. The normalized spacial score (nSPS) is 22.6. The molecular formula is C8H17NO2. The third kappa shape index (κ3) is 3.70. The Hall–Kier alpha value is -0.120. The molecule has 0 aliphatic carbocycles. The number of rotatable bonds is 6. The molecule has 0 N–H and O–H groups in total. The molecular weight excluding hydrogens is 142 g/mol. The van der Waals surface area contributed by atoms with Crippen LogP contribution in [0.4, 0.5) is 0 Å². The SMILES string of the molecule is CCN(CCOC)CC1CO1. The number of hydrogen-bond donors (Lipinski definition) is 0. The summed E-state index contributed by atoms with van der Waals surface area (Å²) in [6, 6.07) is 0. The lowest BCUT2D eigenvalue weighted by atomic mass is 10.4. The van der Waals surface area contributed by atoms with Crippen molar-refractivity contribution in [3.8, 4) is 0 Å². The topological polar surface area (TPSA) is 25.0 Å². The van der Waals surface area contributed by atoms with E-state index in [-0.39, 0.29) is 0 Å². The van der Waals surface area contributed by atoms with Gasteiger partial charge in [0.25, 0.3) is 0 Å². The van der Waals surface area contributed by atoms with Crippen LogP contribution >= 0.6 is 0 Å². The molecule has 3 heteroatoms. The second-order valence-corrected chi connectivity index (χ2v) is 2.84. The van der Waals surface area contributed by atoms with Crippen molar-refractivity contribution >= 4 is 0 Å². The largest absolute Gasteiger partial charge is 0.383 e. The van der Waals surface area contributed by atoms with Crippen molar-refractivity contribution in [2.24, 2.45) is 0 Å². The molecule has 66 valence electrons. The molecule has 0 spiro atoms. The van der Waals surface area contributed by atoms with E-state index in [0.717, 1.165) is 32.8 Å². The highest BCUT2D eigenvalue weighted by atomic mass is 16.6. The molecule has 0 aromatic carbocycles. The molecule has 11 heavy (non-hydrogen) atoms. The summed E-state index contributed by atoms with van der Waals surface area (Å²) in [5, 5.41) is 0. The molecule has 1 rings (SSSR count). The first-order chi connectivity index (χ1) is 5.36. The van der Waals surface area contributed by atoms with Gasteiger partial charge in [-0.15, -0.1) is 0 Å². The Morgan fingerprint density at radius 1 is 1.64 bits per heavy atom. The second kappa shape index (κ2) is 4.70. The summed E-state index contributed by atoms with van der Waals surface area (Å²) in [4.78, 5) is 2.35. The van der Waals surface area contributed by atoms with Gasteiger partial charge in [-0.25, -0.2) is 0 Å². The van der Waals surface area contributed by atoms with Crippen LogP contribution in [0.1, 0.15) is 6.92 Å². The predicted octanol–water partition coefficient (Wildman–Crippen LogP) is 0.353. The zero-order valence-corrected chi connectivity index (χ0v) is 7.38. The highest BCUT2D eigenvalue weighted by molar-refractivity contribution is 4.73. The Labute approximate surface area is 68.3 Å². The molecule has 0 saturated carbocycles. The van der Waals surface area contributed by atoms with Gasteiger partial charge >= 0.3 is 0 Å². The van der Waals surface area contributed by atoms with Crippen LogP contribution in [0.15, 0.2) is 0 Å².